The summed E-state index contributed by atoms with van der Waals surface area (Å²) in [4.78, 5) is 61.3. The third-order valence-corrected chi connectivity index (χ3v) is 11.1. The summed E-state index contributed by atoms with van der Waals surface area (Å²) in [6.07, 6.45) is 2.93. The first-order valence-electron chi connectivity index (χ1n) is 20.1. The smallest absolute Gasteiger partial charge is 0.231 e. The fraction of sp³-hybridized carbons (Fsp3) is 0.256. The lowest BCUT2D eigenvalue weighted by molar-refractivity contribution is -0.121. The average Bonchev–Trinajstić information content (AvgIpc) is 3.30. The van der Waals surface area contributed by atoms with E-state index in [0.717, 1.165) is 56.4 Å². The molecule has 4 heterocycles. The zero-order valence-corrected chi connectivity index (χ0v) is 35.4. The number of aromatic nitrogens is 6. The summed E-state index contributed by atoms with van der Waals surface area (Å²) in [5, 5.41) is 13.2. The lowest BCUT2D eigenvalue weighted by Gasteiger charge is -2.36. The zero-order chi connectivity index (χ0) is 42.8. The minimum atomic E-state index is -0.303. The van der Waals surface area contributed by atoms with Crippen molar-refractivity contribution >= 4 is 92.9 Å². The number of nitrogens with one attached hydrogen (secondary N) is 4. The van der Waals surface area contributed by atoms with Crippen LogP contribution >= 0.6 is 23.2 Å². The van der Waals surface area contributed by atoms with E-state index in [0.29, 0.717) is 69.7 Å². The molecule has 2 aliphatic heterocycles. The number of benzene rings is 4. The van der Waals surface area contributed by atoms with E-state index in [9.17, 15) is 9.59 Å². The molecule has 2 aromatic heterocycles. The Bertz CT molecular complexity index is 2500. The Morgan fingerprint density at radius 1 is 0.548 bits per heavy atom. The van der Waals surface area contributed by atoms with Gasteiger partial charge in [-0.1, -0.05) is 35.3 Å². The molecule has 0 spiro atoms. The molecule has 2 amide bonds. The lowest BCUT2D eigenvalue weighted by atomic mass is 10.2. The molecule has 17 nitrogen and oxygen atoms in total. The van der Waals surface area contributed by atoms with Crippen molar-refractivity contribution < 1.29 is 14.3 Å². The molecule has 0 radical (unpaired) electrons. The summed E-state index contributed by atoms with van der Waals surface area (Å²) in [6, 6.07) is 28.1. The molecule has 2 aliphatic rings. The second-order valence-electron chi connectivity index (χ2n) is 14.5. The maximum absolute atomic E-state index is 12.9. The van der Waals surface area contributed by atoms with Gasteiger partial charge in [-0.15, -0.1) is 0 Å². The van der Waals surface area contributed by atoms with Crippen molar-refractivity contribution in [3.63, 3.8) is 0 Å². The Morgan fingerprint density at radius 2 is 1.00 bits per heavy atom. The van der Waals surface area contributed by atoms with Gasteiger partial charge < -0.3 is 45.6 Å². The number of carbonyl (C=O) groups excluding carboxylic acids is 2. The van der Waals surface area contributed by atoms with E-state index in [4.69, 9.17) is 27.9 Å². The lowest BCUT2D eigenvalue weighted by Crippen LogP contribution is -2.47. The molecule has 0 unspecified atom stereocenters. The maximum atomic E-state index is 12.9. The van der Waals surface area contributed by atoms with E-state index in [1.54, 1.807) is 43.5 Å². The first-order valence-corrected chi connectivity index (χ1v) is 20.8. The van der Waals surface area contributed by atoms with Crippen LogP contribution in [0, 0.1) is 0 Å². The van der Waals surface area contributed by atoms with Crippen molar-refractivity contribution in [1.29, 1.82) is 0 Å². The Labute approximate surface area is 368 Å². The number of ether oxygens (including phenoxy) is 1. The van der Waals surface area contributed by atoms with Gasteiger partial charge in [0.2, 0.25) is 35.6 Å². The SMILES string of the molecule is COc1ccc(N2CCN(c3ncnc(Nc4cccc(NC(=O)CCC(=O)Nc5cccc(Nc6ncnc(N7CCN(c8ccc(Cl)c(Cl)c8)CC7)n6)c5)c4)n3)CC2)cc1. The number of anilines is 10. The molecular weight excluding hydrogens is 831 g/mol. The van der Waals surface area contributed by atoms with E-state index in [1.807, 2.05) is 42.5 Å². The van der Waals surface area contributed by atoms with Crippen molar-refractivity contribution in [2.75, 3.05) is 100 Å². The molecule has 0 atom stereocenters. The van der Waals surface area contributed by atoms with E-state index in [2.05, 4.69) is 82.9 Å². The summed E-state index contributed by atoms with van der Waals surface area (Å²) in [5.74, 6) is 2.13. The predicted octanol–water partition coefficient (Wildman–Crippen LogP) is 6.87. The third kappa shape index (κ3) is 10.8. The Balaban J connectivity index is 0.778. The quantitative estimate of drug-likeness (QED) is 0.0890. The normalized spacial score (nSPS) is 14.0. The number of piperazine rings is 2. The molecule has 0 saturated carbocycles. The van der Waals surface area contributed by atoms with Gasteiger partial charge in [-0.3, -0.25) is 9.59 Å². The number of amides is 2. The van der Waals surface area contributed by atoms with Crippen molar-refractivity contribution in [2.24, 2.45) is 0 Å². The number of halogens is 2. The Kier molecular flexibility index (Phi) is 13.2. The summed E-state index contributed by atoms with van der Waals surface area (Å²) < 4.78 is 5.28. The van der Waals surface area contributed by atoms with Crippen LogP contribution in [0.4, 0.5) is 57.9 Å². The monoisotopic (exact) mass is 874 g/mol. The average molecular weight is 876 g/mol. The second kappa shape index (κ2) is 19.6. The molecule has 19 heteroatoms. The van der Waals surface area contributed by atoms with Crippen LogP contribution in [0.3, 0.4) is 0 Å². The molecule has 2 fully saturated rings. The minimum Gasteiger partial charge on any atom is -0.497 e. The number of rotatable bonds is 14. The number of hydrogen-bond acceptors (Lipinski definition) is 15. The van der Waals surface area contributed by atoms with Gasteiger partial charge in [-0.05, 0) is 78.9 Å². The molecule has 6 aromatic rings. The van der Waals surface area contributed by atoms with Gasteiger partial charge in [-0.25, -0.2) is 19.9 Å². The summed E-state index contributed by atoms with van der Waals surface area (Å²) in [5.41, 5.74) is 4.64. The second-order valence-corrected chi connectivity index (χ2v) is 15.3. The van der Waals surface area contributed by atoms with Gasteiger partial charge in [-0.2, -0.15) is 9.97 Å². The third-order valence-electron chi connectivity index (χ3n) is 10.3. The van der Waals surface area contributed by atoms with Crippen LogP contribution in [0.25, 0.3) is 0 Å². The summed E-state index contributed by atoms with van der Waals surface area (Å²) >= 11 is 12.3. The van der Waals surface area contributed by atoms with Crippen molar-refractivity contribution in [3.05, 3.63) is 114 Å². The number of methoxy groups -OCH3 is 1. The molecule has 2 saturated heterocycles. The maximum Gasteiger partial charge on any atom is 0.231 e. The van der Waals surface area contributed by atoms with Gasteiger partial charge in [0.1, 0.15) is 18.4 Å². The molecule has 8 rings (SSSR count). The number of carbonyl (C=O) groups is 2. The van der Waals surface area contributed by atoms with Crippen LogP contribution in [-0.4, -0.2) is 101 Å². The van der Waals surface area contributed by atoms with Gasteiger partial charge in [0, 0.05) is 99.3 Å². The van der Waals surface area contributed by atoms with Gasteiger partial charge in [0.25, 0.3) is 0 Å². The molecule has 0 bridgehead atoms. The Morgan fingerprint density at radius 3 is 1.48 bits per heavy atom. The first kappa shape index (κ1) is 41.7. The van der Waals surface area contributed by atoms with E-state index in [-0.39, 0.29) is 24.7 Å². The highest BCUT2D eigenvalue weighted by atomic mass is 35.5. The molecule has 4 N–H and O–H groups in total. The predicted molar refractivity (Wildman–Crippen MR) is 244 cm³/mol. The zero-order valence-electron chi connectivity index (χ0n) is 33.8. The standard InChI is InChI=1S/C43H44Cl2N14O3/c1-62-35-11-8-33(9-12-35)56-16-20-58(21-17-56)42-48-27-46-40(54-42)52-31-6-2-4-29(24-31)50-38(60)14-15-39(61)51-30-5-3-7-32(25-30)53-41-47-28-49-43(55-41)59-22-18-57(19-23-59)34-10-13-36(44)37(45)26-34/h2-13,24-28H,14-23H2,1H3,(H,50,60)(H,51,61)(H,46,48,52,54)(H,47,49,53,55). The van der Waals surface area contributed by atoms with Crippen molar-refractivity contribution in [1.82, 2.24) is 29.9 Å². The van der Waals surface area contributed by atoms with Crippen LogP contribution in [0.1, 0.15) is 12.8 Å². The number of hydrogen-bond donors (Lipinski definition) is 4. The van der Waals surface area contributed by atoms with E-state index in [1.165, 1.54) is 12.7 Å². The topological polar surface area (TPSA) is 182 Å². The Hall–Kier alpha value is -6.98. The van der Waals surface area contributed by atoms with Crippen LogP contribution in [0.5, 0.6) is 5.75 Å². The highest BCUT2D eigenvalue weighted by molar-refractivity contribution is 6.42. The van der Waals surface area contributed by atoms with Crippen LogP contribution < -0.4 is 45.6 Å². The van der Waals surface area contributed by atoms with E-state index < -0.39 is 0 Å². The largest absolute Gasteiger partial charge is 0.497 e. The highest BCUT2D eigenvalue weighted by Gasteiger charge is 2.22. The molecular formula is C43H44Cl2N14O3. The minimum absolute atomic E-state index is 0.0146. The number of nitrogens with zero attached hydrogens (tertiary/aromatic N) is 10. The fourth-order valence-electron chi connectivity index (χ4n) is 7.09. The van der Waals surface area contributed by atoms with Crippen LogP contribution in [0.15, 0.2) is 104 Å². The molecule has 62 heavy (non-hydrogen) atoms. The molecule has 4 aromatic carbocycles. The molecule has 318 valence electrons. The van der Waals surface area contributed by atoms with Gasteiger partial charge >= 0.3 is 0 Å². The van der Waals surface area contributed by atoms with Gasteiger partial charge in [0.15, 0.2) is 0 Å². The van der Waals surface area contributed by atoms with E-state index >= 15 is 0 Å². The van der Waals surface area contributed by atoms with Crippen LogP contribution in [0.2, 0.25) is 10.0 Å². The highest BCUT2D eigenvalue weighted by Crippen LogP contribution is 2.29. The van der Waals surface area contributed by atoms with Crippen LogP contribution in [-0.2, 0) is 9.59 Å². The summed E-state index contributed by atoms with van der Waals surface area (Å²) in [7, 11) is 1.66. The van der Waals surface area contributed by atoms with Crippen molar-refractivity contribution in [3.8, 4) is 5.75 Å². The summed E-state index contributed by atoms with van der Waals surface area (Å²) in [6.45, 7) is 6.10. The van der Waals surface area contributed by atoms with Crippen molar-refractivity contribution in [2.45, 2.75) is 12.8 Å². The van der Waals surface area contributed by atoms with Gasteiger partial charge in [0.05, 0.1) is 17.2 Å². The molecule has 0 aliphatic carbocycles. The first-order chi connectivity index (χ1) is 30.2. The fourth-order valence-corrected chi connectivity index (χ4v) is 7.38.